The molecule has 2 N–H and O–H groups in total. The summed E-state index contributed by atoms with van der Waals surface area (Å²) < 4.78 is 5.50. The van der Waals surface area contributed by atoms with Crippen molar-refractivity contribution in [3.63, 3.8) is 0 Å². The molecule has 5 nitrogen and oxygen atoms in total. The summed E-state index contributed by atoms with van der Waals surface area (Å²) in [4.78, 5) is 22.9. The highest BCUT2D eigenvalue weighted by Crippen LogP contribution is 2.28. The molecule has 1 aromatic carbocycles. The van der Waals surface area contributed by atoms with Gasteiger partial charge in [-0.2, -0.15) is 0 Å². The van der Waals surface area contributed by atoms with Gasteiger partial charge in [0, 0.05) is 10.9 Å². The number of benzene rings is 1. The van der Waals surface area contributed by atoms with Crippen LogP contribution in [0.25, 0.3) is 0 Å². The third kappa shape index (κ3) is 4.91. The van der Waals surface area contributed by atoms with Crippen molar-refractivity contribution in [1.29, 1.82) is 0 Å². The van der Waals surface area contributed by atoms with Crippen molar-refractivity contribution < 1.29 is 19.4 Å². The topological polar surface area (TPSA) is 75.6 Å². The first-order valence-corrected chi connectivity index (χ1v) is 7.83. The van der Waals surface area contributed by atoms with Gasteiger partial charge in [0.15, 0.2) is 0 Å². The van der Waals surface area contributed by atoms with Crippen molar-refractivity contribution >= 4 is 23.5 Å². The molecule has 22 heavy (non-hydrogen) atoms. The van der Waals surface area contributed by atoms with Crippen molar-refractivity contribution in [2.45, 2.75) is 25.7 Å². The molecule has 0 aliphatic heterocycles. The van der Waals surface area contributed by atoms with Crippen molar-refractivity contribution in [3.05, 3.63) is 29.3 Å². The lowest BCUT2D eigenvalue weighted by atomic mass is 9.81. The smallest absolute Gasteiger partial charge is 0.306 e. The molecule has 0 bridgehead atoms. The van der Waals surface area contributed by atoms with Gasteiger partial charge in [0.25, 0.3) is 0 Å². The van der Waals surface area contributed by atoms with Crippen LogP contribution >= 0.6 is 11.6 Å². The minimum Gasteiger partial charge on any atom is -0.492 e. The average Bonchev–Trinajstić information content (AvgIpc) is 2.51. The summed E-state index contributed by atoms with van der Waals surface area (Å²) in [5.74, 6) is -0.479. The molecule has 0 aromatic heterocycles. The van der Waals surface area contributed by atoms with Crippen molar-refractivity contribution in [3.8, 4) is 5.75 Å². The second-order valence-corrected chi connectivity index (χ2v) is 5.92. The largest absolute Gasteiger partial charge is 0.492 e. The first-order chi connectivity index (χ1) is 10.6. The van der Waals surface area contributed by atoms with E-state index in [1.54, 1.807) is 24.3 Å². The van der Waals surface area contributed by atoms with Gasteiger partial charge in [-0.3, -0.25) is 9.59 Å². The lowest BCUT2D eigenvalue weighted by Crippen LogP contribution is -2.36. The molecule has 0 radical (unpaired) electrons. The zero-order valence-electron chi connectivity index (χ0n) is 12.3. The Morgan fingerprint density at radius 3 is 2.55 bits per heavy atom. The van der Waals surface area contributed by atoms with E-state index in [4.69, 9.17) is 21.4 Å². The molecule has 1 aromatic rings. The number of nitrogens with one attached hydrogen (secondary N) is 1. The molecule has 0 heterocycles. The highest BCUT2D eigenvalue weighted by Gasteiger charge is 2.29. The van der Waals surface area contributed by atoms with Gasteiger partial charge in [-0.25, -0.2) is 0 Å². The van der Waals surface area contributed by atoms with E-state index in [0.717, 1.165) is 0 Å². The Morgan fingerprint density at radius 1 is 1.23 bits per heavy atom. The van der Waals surface area contributed by atoms with Crippen LogP contribution in [0.5, 0.6) is 5.75 Å². The number of carbonyl (C=O) groups excluding carboxylic acids is 1. The minimum atomic E-state index is -0.756. The number of amides is 1. The molecule has 1 fully saturated rings. The predicted molar refractivity (Wildman–Crippen MR) is 83.0 cm³/mol. The molecular formula is C16H20ClNO4. The summed E-state index contributed by atoms with van der Waals surface area (Å²) >= 11 is 5.85. The van der Waals surface area contributed by atoms with Crippen molar-refractivity contribution in [1.82, 2.24) is 5.32 Å². The summed E-state index contributed by atoms with van der Waals surface area (Å²) in [5.41, 5.74) is 0. The van der Waals surface area contributed by atoms with E-state index in [1.165, 1.54) is 0 Å². The lowest BCUT2D eigenvalue weighted by Gasteiger charge is -2.25. The number of carboxylic acids is 1. The first kappa shape index (κ1) is 16.6. The zero-order chi connectivity index (χ0) is 15.9. The molecule has 1 aliphatic rings. The summed E-state index contributed by atoms with van der Waals surface area (Å²) in [7, 11) is 0. The monoisotopic (exact) mass is 325 g/mol. The molecule has 0 saturated heterocycles. The van der Waals surface area contributed by atoms with Gasteiger partial charge in [-0.1, -0.05) is 17.7 Å². The summed E-state index contributed by atoms with van der Waals surface area (Å²) in [6, 6.07) is 7.10. The Kier molecular flexibility index (Phi) is 6.07. The number of hydrogen-bond acceptors (Lipinski definition) is 3. The fourth-order valence-corrected chi connectivity index (χ4v) is 2.83. The van der Waals surface area contributed by atoms with Gasteiger partial charge in [-0.05, 0) is 43.9 Å². The van der Waals surface area contributed by atoms with E-state index >= 15 is 0 Å². The first-order valence-electron chi connectivity index (χ1n) is 7.45. The standard InChI is InChI=1S/C16H20ClNO4/c17-13-2-1-3-14(10-13)22-9-8-18-15(19)11-4-6-12(7-5-11)16(20)21/h1-3,10-12H,4-9H2,(H,18,19)(H,20,21). The quantitative estimate of drug-likeness (QED) is 0.788. The third-order valence-electron chi connectivity index (χ3n) is 3.91. The number of carboxylic acid groups (broad SMARTS) is 1. The maximum atomic E-state index is 12.0. The number of aliphatic carboxylic acids is 1. The van der Waals surface area contributed by atoms with Crippen LogP contribution in [-0.2, 0) is 9.59 Å². The molecule has 0 spiro atoms. The second kappa shape index (κ2) is 8.03. The number of ether oxygens (including phenoxy) is 1. The number of rotatable bonds is 6. The van der Waals surface area contributed by atoms with Gasteiger partial charge in [0.1, 0.15) is 12.4 Å². The van der Waals surface area contributed by atoms with Crippen molar-refractivity contribution in [2.75, 3.05) is 13.2 Å². The maximum Gasteiger partial charge on any atom is 0.306 e. The Bertz CT molecular complexity index is 527. The average molecular weight is 326 g/mol. The predicted octanol–water partition coefficient (Wildman–Crippen LogP) is 2.73. The Morgan fingerprint density at radius 2 is 1.91 bits per heavy atom. The van der Waals surface area contributed by atoms with Crippen LogP contribution in [0.4, 0.5) is 0 Å². The Hall–Kier alpha value is -1.75. The molecular weight excluding hydrogens is 306 g/mol. The van der Waals surface area contributed by atoms with Gasteiger partial charge in [-0.15, -0.1) is 0 Å². The van der Waals surface area contributed by atoms with E-state index in [-0.39, 0.29) is 17.7 Å². The maximum absolute atomic E-state index is 12.0. The fourth-order valence-electron chi connectivity index (χ4n) is 2.65. The van der Waals surface area contributed by atoms with Crippen LogP contribution in [0.1, 0.15) is 25.7 Å². The lowest BCUT2D eigenvalue weighted by molar-refractivity contribution is -0.144. The molecule has 6 heteroatoms. The van der Waals surface area contributed by atoms with Crippen LogP contribution in [0.2, 0.25) is 5.02 Å². The molecule has 1 amide bonds. The summed E-state index contributed by atoms with van der Waals surface area (Å²) in [6.07, 6.45) is 2.43. The van der Waals surface area contributed by atoms with Crippen LogP contribution in [0, 0.1) is 11.8 Å². The van der Waals surface area contributed by atoms with Crippen LogP contribution in [0.3, 0.4) is 0 Å². The molecule has 0 unspecified atom stereocenters. The highest BCUT2D eigenvalue weighted by molar-refractivity contribution is 6.30. The van der Waals surface area contributed by atoms with Crippen LogP contribution < -0.4 is 10.1 Å². The van der Waals surface area contributed by atoms with E-state index in [9.17, 15) is 9.59 Å². The summed E-state index contributed by atoms with van der Waals surface area (Å²) in [5, 5.41) is 12.4. The van der Waals surface area contributed by atoms with Gasteiger partial charge in [0.2, 0.25) is 5.91 Å². The van der Waals surface area contributed by atoms with Crippen molar-refractivity contribution in [2.24, 2.45) is 11.8 Å². The summed E-state index contributed by atoms with van der Waals surface area (Å²) in [6.45, 7) is 0.792. The fraction of sp³-hybridized carbons (Fsp3) is 0.500. The number of halogens is 1. The highest BCUT2D eigenvalue weighted by atomic mass is 35.5. The molecule has 1 saturated carbocycles. The second-order valence-electron chi connectivity index (χ2n) is 5.48. The molecule has 2 rings (SSSR count). The van der Waals surface area contributed by atoms with E-state index in [1.807, 2.05) is 0 Å². The van der Waals surface area contributed by atoms with Crippen LogP contribution in [0.15, 0.2) is 24.3 Å². The molecule has 120 valence electrons. The Balaban J connectivity index is 1.65. The SMILES string of the molecule is O=C(O)C1CCC(C(=O)NCCOc2cccc(Cl)c2)CC1. The van der Waals surface area contributed by atoms with Gasteiger partial charge in [0.05, 0.1) is 12.5 Å². The van der Waals surface area contributed by atoms with Crippen LogP contribution in [-0.4, -0.2) is 30.1 Å². The van der Waals surface area contributed by atoms with Gasteiger partial charge >= 0.3 is 5.97 Å². The van der Waals surface area contributed by atoms with E-state index < -0.39 is 5.97 Å². The molecule has 0 atom stereocenters. The zero-order valence-corrected chi connectivity index (χ0v) is 13.0. The van der Waals surface area contributed by atoms with E-state index in [2.05, 4.69) is 5.32 Å². The normalized spacial score (nSPS) is 21.1. The Labute approximate surface area is 134 Å². The minimum absolute atomic E-state index is 0.0152. The molecule has 1 aliphatic carbocycles. The number of carbonyl (C=O) groups is 2. The van der Waals surface area contributed by atoms with E-state index in [0.29, 0.717) is 49.6 Å². The third-order valence-corrected chi connectivity index (χ3v) is 4.15. The number of hydrogen-bond donors (Lipinski definition) is 2. The van der Waals surface area contributed by atoms with Gasteiger partial charge < -0.3 is 15.2 Å².